The number of benzene rings is 1. The largest absolute Gasteiger partial charge is 0.342 e. The molecule has 0 aliphatic heterocycles. The van der Waals surface area contributed by atoms with Crippen LogP contribution in [0.25, 0.3) is 21.5 Å². The predicted molar refractivity (Wildman–Crippen MR) is 70.9 cm³/mol. The molecule has 0 saturated carbocycles. The number of thiophene rings is 1. The Morgan fingerprint density at radius 1 is 1.18 bits per heavy atom. The molecule has 0 N–H and O–H groups in total. The van der Waals surface area contributed by atoms with E-state index in [0.717, 1.165) is 27.0 Å². The second-order valence-electron chi connectivity index (χ2n) is 3.89. The van der Waals surface area contributed by atoms with Crippen molar-refractivity contribution in [2.24, 2.45) is 7.05 Å². The molecule has 1 aromatic carbocycles. The van der Waals surface area contributed by atoms with Gasteiger partial charge in [-0.3, -0.25) is 0 Å². The number of fused-ring (bicyclic) bond motifs is 1. The summed E-state index contributed by atoms with van der Waals surface area (Å²) in [4.78, 5) is 1.14. The molecule has 0 aliphatic carbocycles. The third-order valence-electron chi connectivity index (χ3n) is 2.97. The fourth-order valence-electron chi connectivity index (χ4n) is 2.21. The van der Waals surface area contributed by atoms with Crippen LogP contribution in [0.15, 0.2) is 41.8 Å². The predicted octanol–water partition coefficient (Wildman–Crippen LogP) is 3.78. The van der Waals surface area contributed by atoms with E-state index in [1.54, 1.807) is 11.3 Å². The molecular formula is C14H10N2S. The van der Waals surface area contributed by atoms with Crippen molar-refractivity contribution in [2.75, 3.05) is 0 Å². The van der Waals surface area contributed by atoms with Crippen LogP contribution < -0.4 is 0 Å². The zero-order valence-corrected chi connectivity index (χ0v) is 10.2. The summed E-state index contributed by atoms with van der Waals surface area (Å²) in [6, 6.07) is 14.4. The second-order valence-corrected chi connectivity index (χ2v) is 4.84. The molecule has 0 aliphatic rings. The Hall–Kier alpha value is -2.05. The molecule has 0 fully saturated rings. The van der Waals surface area contributed by atoms with Gasteiger partial charge in [0.1, 0.15) is 6.07 Å². The highest BCUT2D eigenvalue weighted by Gasteiger charge is 2.16. The monoisotopic (exact) mass is 238 g/mol. The van der Waals surface area contributed by atoms with E-state index in [1.807, 2.05) is 42.8 Å². The first-order chi connectivity index (χ1) is 8.33. The molecule has 2 aromatic heterocycles. The average molecular weight is 238 g/mol. The number of aromatic nitrogens is 1. The molecule has 2 nitrogen and oxygen atoms in total. The van der Waals surface area contributed by atoms with Crippen LogP contribution in [-0.2, 0) is 7.05 Å². The maximum absolute atomic E-state index is 9.37. The molecule has 17 heavy (non-hydrogen) atoms. The van der Waals surface area contributed by atoms with Crippen LogP contribution >= 0.6 is 11.3 Å². The van der Waals surface area contributed by atoms with Gasteiger partial charge in [0, 0.05) is 18.0 Å². The molecule has 3 aromatic rings. The van der Waals surface area contributed by atoms with Gasteiger partial charge in [0.05, 0.1) is 16.1 Å². The van der Waals surface area contributed by atoms with E-state index in [9.17, 15) is 5.26 Å². The van der Waals surface area contributed by atoms with Crippen molar-refractivity contribution < 1.29 is 0 Å². The maximum Gasteiger partial charge on any atom is 0.102 e. The van der Waals surface area contributed by atoms with Crippen LogP contribution in [0.1, 0.15) is 5.56 Å². The van der Waals surface area contributed by atoms with Gasteiger partial charge in [0.15, 0.2) is 0 Å². The second kappa shape index (κ2) is 3.76. The number of aryl methyl sites for hydroxylation is 1. The van der Waals surface area contributed by atoms with E-state index in [4.69, 9.17) is 0 Å². The van der Waals surface area contributed by atoms with Crippen molar-refractivity contribution >= 4 is 22.2 Å². The Balaban J connectivity index is 2.47. The van der Waals surface area contributed by atoms with E-state index in [2.05, 4.69) is 16.7 Å². The van der Waals surface area contributed by atoms with Crippen molar-refractivity contribution in [2.45, 2.75) is 0 Å². The van der Waals surface area contributed by atoms with Crippen LogP contribution in [0.2, 0.25) is 0 Å². The lowest BCUT2D eigenvalue weighted by molar-refractivity contribution is 0.979. The Bertz CT molecular complexity index is 715. The first-order valence-corrected chi connectivity index (χ1v) is 6.22. The highest BCUT2D eigenvalue weighted by atomic mass is 32.1. The average Bonchev–Trinajstić information content (AvgIpc) is 2.96. The van der Waals surface area contributed by atoms with Crippen LogP contribution in [0.3, 0.4) is 0 Å². The lowest BCUT2D eigenvalue weighted by atomic mass is 10.1. The zero-order chi connectivity index (χ0) is 11.8. The summed E-state index contributed by atoms with van der Waals surface area (Å²) in [6.07, 6.45) is 0. The van der Waals surface area contributed by atoms with Gasteiger partial charge in [-0.2, -0.15) is 5.26 Å². The summed E-state index contributed by atoms with van der Waals surface area (Å²) < 4.78 is 2.10. The molecule has 0 radical (unpaired) electrons. The van der Waals surface area contributed by atoms with Crippen LogP contribution in [0, 0.1) is 11.3 Å². The van der Waals surface area contributed by atoms with Crippen molar-refractivity contribution in [1.29, 1.82) is 5.26 Å². The minimum absolute atomic E-state index is 0.769. The van der Waals surface area contributed by atoms with Gasteiger partial charge in [-0.1, -0.05) is 24.3 Å². The number of hydrogen-bond donors (Lipinski definition) is 0. The number of hydrogen-bond acceptors (Lipinski definition) is 2. The van der Waals surface area contributed by atoms with Gasteiger partial charge in [0.25, 0.3) is 0 Å². The molecule has 0 saturated heterocycles. The van der Waals surface area contributed by atoms with E-state index < -0.39 is 0 Å². The summed E-state index contributed by atoms with van der Waals surface area (Å²) in [7, 11) is 2.01. The molecule has 3 rings (SSSR count). The Kier molecular flexibility index (Phi) is 2.24. The van der Waals surface area contributed by atoms with Crippen LogP contribution in [0.4, 0.5) is 0 Å². The first-order valence-electron chi connectivity index (χ1n) is 5.34. The quantitative estimate of drug-likeness (QED) is 0.634. The SMILES string of the molecule is Cn1c(-c2cccs2)c(C#N)c2ccccc21. The fourth-order valence-corrected chi connectivity index (χ4v) is 3.02. The summed E-state index contributed by atoms with van der Waals surface area (Å²) in [5.41, 5.74) is 2.89. The summed E-state index contributed by atoms with van der Waals surface area (Å²) >= 11 is 1.66. The molecule has 2 heterocycles. The third-order valence-corrected chi connectivity index (χ3v) is 3.85. The van der Waals surface area contributed by atoms with Gasteiger partial charge in [-0.05, 0) is 17.5 Å². The Labute approximate surface area is 103 Å². The standard InChI is InChI=1S/C14H10N2S/c1-16-12-6-3-2-5-10(12)11(9-15)14(16)13-7-4-8-17-13/h2-8H,1H3. The first kappa shape index (κ1) is 10.1. The van der Waals surface area contributed by atoms with Gasteiger partial charge < -0.3 is 4.57 Å². The number of para-hydroxylation sites is 1. The van der Waals surface area contributed by atoms with Crippen LogP contribution in [0.5, 0.6) is 0 Å². The van der Waals surface area contributed by atoms with E-state index in [0.29, 0.717) is 0 Å². The molecule has 0 unspecified atom stereocenters. The lowest BCUT2D eigenvalue weighted by Gasteiger charge is -2.01. The molecule has 0 amide bonds. The number of nitrogens with zero attached hydrogens (tertiary/aromatic N) is 2. The smallest absolute Gasteiger partial charge is 0.102 e. The number of nitriles is 1. The zero-order valence-electron chi connectivity index (χ0n) is 9.34. The van der Waals surface area contributed by atoms with Crippen molar-refractivity contribution in [3.63, 3.8) is 0 Å². The number of rotatable bonds is 1. The minimum Gasteiger partial charge on any atom is -0.342 e. The lowest BCUT2D eigenvalue weighted by Crippen LogP contribution is -1.90. The molecule has 0 atom stereocenters. The van der Waals surface area contributed by atoms with Gasteiger partial charge >= 0.3 is 0 Å². The van der Waals surface area contributed by atoms with E-state index >= 15 is 0 Å². The molecular weight excluding hydrogens is 228 g/mol. The fraction of sp³-hybridized carbons (Fsp3) is 0.0714. The minimum atomic E-state index is 0.769. The van der Waals surface area contributed by atoms with Crippen molar-refractivity contribution in [3.8, 4) is 16.6 Å². The van der Waals surface area contributed by atoms with Crippen molar-refractivity contribution in [1.82, 2.24) is 4.57 Å². The Morgan fingerprint density at radius 2 is 2.00 bits per heavy atom. The van der Waals surface area contributed by atoms with Gasteiger partial charge in [-0.15, -0.1) is 11.3 Å². The van der Waals surface area contributed by atoms with Gasteiger partial charge in [0.2, 0.25) is 0 Å². The highest BCUT2D eigenvalue weighted by molar-refractivity contribution is 7.13. The normalized spacial score (nSPS) is 10.6. The van der Waals surface area contributed by atoms with Crippen molar-refractivity contribution in [3.05, 3.63) is 47.3 Å². The molecule has 3 heteroatoms. The molecule has 0 spiro atoms. The topological polar surface area (TPSA) is 28.7 Å². The van der Waals surface area contributed by atoms with E-state index in [1.165, 1.54) is 0 Å². The molecule has 0 bridgehead atoms. The summed E-state index contributed by atoms with van der Waals surface area (Å²) in [6.45, 7) is 0. The van der Waals surface area contributed by atoms with Crippen LogP contribution in [-0.4, -0.2) is 4.57 Å². The highest BCUT2D eigenvalue weighted by Crippen LogP contribution is 2.34. The molecule has 82 valence electrons. The Morgan fingerprint density at radius 3 is 2.71 bits per heavy atom. The van der Waals surface area contributed by atoms with Gasteiger partial charge in [-0.25, -0.2) is 0 Å². The maximum atomic E-state index is 9.37. The summed E-state index contributed by atoms with van der Waals surface area (Å²) in [5, 5.41) is 12.4. The third kappa shape index (κ3) is 1.38. The summed E-state index contributed by atoms with van der Waals surface area (Å²) in [5.74, 6) is 0. The van der Waals surface area contributed by atoms with E-state index in [-0.39, 0.29) is 0 Å².